The molecule has 0 N–H and O–H groups in total. The Hall–Kier alpha value is -5.40. The molecule has 0 amide bonds. The first-order valence-corrected chi connectivity index (χ1v) is 16.7. The van der Waals surface area contributed by atoms with Gasteiger partial charge in [-0.2, -0.15) is 0 Å². The first-order chi connectivity index (χ1) is 22.8. The Kier molecular flexibility index (Phi) is 5.96. The van der Waals surface area contributed by atoms with Crippen LogP contribution >= 0.6 is 0 Å². The van der Waals surface area contributed by atoms with E-state index < -0.39 is 0 Å². The first-order valence-electron chi connectivity index (χ1n) is 16.7. The Morgan fingerprint density at radius 3 is 1.70 bits per heavy atom. The number of anilines is 3. The van der Waals surface area contributed by atoms with Crippen molar-refractivity contribution in [3.05, 3.63) is 174 Å². The second-order valence-corrected chi connectivity index (χ2v) is 14.2. The zero-order chi connectivity index (χ0) is 31.9. The van der Waals surface area contributed by atoms with Gasteiger partial charge in [0, 0.05) is 27.8 Å². The second kappa shape index (κ2) is 10.0. The summed E-state index contributed by atoms with van der Waals surface area (Å²) >= 11 is 0. The highest BCUT2D eigenvalue weighted by molar-refractivity contribution is 5.96. The maximum atomic E-state index is 2.48. The standard InChI is InChI=1S/C46H37N/c1-45(2)40-20-12-10-19-36(40)39-28-33(23-25-41(39)45)47(44-21-13-11-18-35(44)30-14-6-5-7-15-30)34-22-24-37-38-26-31-16-8-9-17-32(31)27-42(38)46(3,4)43(37)29-34/h5-29H,1-4H3. The molecule has 7 aromatic rings. The fourth-order valence-corrected chi connectivity index (χ4v) is 8.35. The number of hydrogen-bond donors (Lipinski definition) is 0. The summed E-state index contributed by atoms with van der Waals surface area (Å²) in [6.07, 6.45) is 0. The molecule has 226 valence electrons. The van der Waals surface area contributed by atoms with Gasteiger partial charge in [-0.25, -0.2) is 0 Å². The van der Waals surface area contributed by atoms with Gasteiger partial charge in [0.15, 0.2) is 0 Å². The first kappa shape index (κ1) is 27.9. The van der Waals surface area contributed by atoms with Crippen LogP contribution in [-0.4, -0.2) is 0 Å². The third-order valence-corrected chi connectivity index (χ3v) is 10.8. The Labute approximate surface area is 277 Å². The zero-order valence-electron chi connectivity index (χ0n) is 27.4. The van der Waals surface area contributed by atoms with Gasteiger partial charge in [-0.05, 0) is 103 Å². The fraction of sp³-hybridized carbons (Fsp3) is 0.130. The summed E-state index contributed by atoms with van der Waals surface area (Å²) in [5.74, 6) is 0. The number of nitrogens with zero attached hydrogens (tertiary/aromatic N) is 1. The molecule has 2 aliphatic rings. The van der Waals surface area contributed by atoms with Gasteiger partial charge < -0.3 is 4.90 Å². The van der Waals surface area contributed by atoms with Crippen molar-refractivity contribution in [3.8, 4) is 33.4 Å². The van der Waals surface area contributed by atoms with E-state index in [9.17, 15) is 0 Å². The van der Waals surface area contributed by atoms with E-state index in [2.05, 4.69) is 184 Å². The largest absolute Gasteiger partial charge is 0.310 e. The lowest BCUT2D eigenvalue weighted by Gasteiger charge is -2.30. The Morgan fingerprint density at radius 2 is 0.894 bits per heavy atom. The number of rotatable bonds is 4. The molecule has 0 fully saturated rings. The molecule has 7 aromatic carbocycles. The van der Waals surface area contributed by atoms with Crippen LogP contribution in [0.15, 0.2) is 152 Å². The van der Waals surface area contributed by atoms with Gasteiger partial charge in [-0.1, -0.05) is 137 Å². The maximum absolute atomic E-state index is 2.48. The minimum atomic E-state index is -0.129. The molecule has 47 heavy (non-hydrogen) atoms. The number of fused-ring (bicyclic) bond motifs is 7. The molecule has 0 aromatic heterocycles. The Bertz CT molecular complexity index is 2360. The number of hydrogen-bond acceptors (Lipinski definition) is 1. The van der Waals surface area contributed by atoms with Crippen LogP contribution in [0.25, 0.3) is 44.2 Å². The smallest absolute Gasteiger partial charge is 0.0540 e. The van der Waals surface area contributed by atoms with Crippen molar-refractivity contribution in [1.29, 1.82) is 0 Å². The predicted molar refractivity (Wildman–Crippen MR) is 199 cm³/mol. The van der Waals surface area contributed by atoms with E-state index >= 15 is 0 Å². The molecule has 0 heterocycles. The van der Waals surface area contributed by atoms with Crippen molar-refractivity contribution >= 4 is 27.8 Å². The Morgan fingerprint density at radius 1 is 0.362 bits per heavy atom. The van der Waals surface area contributed by atoms with Crippen LogP contribution in [0.5, 0.6) is 0 Å². The maximum Gasteiger partial charge on any atom is 0.0540 e. The van der Waals surface area contributed by atoms with Crippen molar-refractivity contribution in [3.63, 3.8) is 0 Å². The number of benzene rings is 7. The van der Waals surface area contributed by atoms with Crippen molar-refractivity contribution in [2.45, 2.75) is 38.5 Å². The van der Waals surface area contributed by atoms with Crippen molar-refractivity contribution in [2.24, 2.45) is 0 Å². The van der Waals surface area contributed by atoms with E-state index in [0.717, 1.165) is 0 Å². The average molecular weight is 604 g/mol. The molecule has 0 radical (unpaired) electrons. The third kappa shape index (κ3) is 4.09. The molecule has 0 bridgehead atoms. The van der Waals surface area contributed by atoms with Gasteiger partial charge in [-0.3, -0.25) is 0 Å². The molecule has 9 rings (SSSR count). The van der Waals surface area contributed by atoms with Gasteiger partial charge >= 0.3 is 0 Å². The van der Waals surface area contributed by atoms with Gasteiger partial charge in [0.25, 0.3) is 0 Å². The van der Waals surface area contributed by atoms with Gasteiger partial charge in [0.2, 0.25) is 0 Å². The lowest BCUT2D eigenvalue weighted by atomic mass is 9.81. The summed E-state index contributed by atoms with van der Waals surface area (Å²) in [7, 11) is 0. The van der Waals surface area contributed by atoms with E-state index in [1.165, 1.54) is 83.5 Å². The summed E-state index contributed by atoms with van der Waals surface area (Å²) in [6.45, 7) is 9.47. The minimum absolute atomic E-state index is 0.0376. The van der Waals surface area contributed by atoms with Crippen LogP contribution in [0.2, 0.25) is 0 Å². The van der Waals surface area contributed by atoms with Crippen LogP contribution in [0.4, 0.5) is 17.1 Å². The van der Waals surface area contributed by atoms with Gasteiger partial charge in [-0.15, -0.1) is 0 Å². The molecule has 0 spiro atoms. The second-order valence-electron chi connectivity index (χ2n) is 14.2. The van der Waals surface area contributed by atoms with Gasteiger partial charge in [0.05, 0.1) is 5.69 Å². The van der Waals surface area contributed by atoms with Crippen LogP contribution in [0.1, 0.15) is 49.9 Å². The van der Waals surface area contributed by atoms with E-state index in [1.807, 2.05) is 0 Å². The van der Waals surface area contributed by atoms with Gasteiger partial charge in [0.1, 0.15) is 0 Å². The molecular weight excluding hydrogens is 567 g/mol. The lowest BCUT2D eigenvalue weighted by molar-refractivity contribution is 0.660. The fourth-order valence-electron chi connectivity index (χ4n) is 8.35. The summed E-state index contributed by atoms with van der Waals surface area (Å²) < 4.78 is 0. The highest BCUT2D eigenvalue weighted by Crippen LogP contribution is 2.54. The molecule has 0 saturated heterocycles. The Balaban J connectivity index is 1.27. The predicted octanol–water partition coefficient (Wildman–Crippen LogP) is 12.6. The molecule has 1 heteroatoms. The average Bonchev–Trinajstić information content (AvgIpc) is 3.47. The van der Waals surface area contributed by atoms with Crippen LogP contribution in [0.3, 0.4) is 0 Å². The minimum Gasteiger partial charge on any atom is -0.310 e. The highest BCUT2D eigenvalue weighted by Gasteiger charge is 2.38. The molecule has 0 atom stereocenters. The van der Waals surface area contributed by atoms with E-state index in [1.54, 1.807) is 0 Å². The van der Waals surface area contributed by atoms with Crippen molar-refractivity contribution in [1.82, 2.24) is 0 Å². The molecule has 1 nitrogen and oxygen atoms in total. The molecule has 0 aliphatic heterocycles. The zero-order valence-corrected chi connectivity index (χ0v) is 27.4. The van der Waals surface area contributed by atoms with Crippen molar-refractivity contribution < 1.29 is 0 Å². The summed E-state index contributed by atoms with van der Waals surface area (Å²) in [4.78, 5) is 2.48. The SMILES string of the molecule is CC1(C)c2ccccc2-c2cc(N(c3ccc4c(c3)C(C)(C)c3cc5ccccc5cc3-4)c3ccccc3-c3ccccc3)ccc21. The van der Waals surface area contributed by atoms with E-state index in [0.29, 0.717) is 0 Å². The summed E-state index contributed by atoms with van der Waals surface area (Å²) in [5.41, 5.74) is 16.7. The normalized spacial score (nSPS) is 14.7. The van der Waals surface area contributed by atoms with Crippen LogP contribution in [0, 0.1) is 0 Å². The van der Waals surface area contributed by atoms with Crippen LogP contribution in [-0.2, 0) is 10.8 Å². The molecular formula is C46H37N. The van der Waals surface area contributed by atoms with E-state index in [4.69, 9.17) is 0 Å². The quantitative estimate of drug-likeness (QED) is 0.193. The highest BCUT2D eigenvalue weighted by atomic mass is 15.1. The molecule has 2 aliphatic carbocycles. The van der Waals surface area contributed by atoms with E-state index in [-0.39, 0.29) is 10.8 Å². The summed E-state index contributed by atoms with van der Waals surface area (Å²) in [6, 6.07) is 56.3. The molecule has 0 unspecified atom stereocenters. The van der Waals surface area contributed by atoms with Crippen LogP contribution < -0.4 is 4.90 Å². The monoisotopic (exact) mass is 603 g/mol. The number of para-hydroxylation sites is 1. The molecule has 0 saturated carbocycles. The van der Waals surface area contributed by atoms with Crippen molar-refractivity contribution in [2.75, 3.05) is 4.90 Å². The summed E-state index contributed by atoms with van der Waals surface area (Å²) in [5, 5.41) is 2.59. The third-order valence-electron chi connectivity index (χ3n) is 10.8. The topological polar surface area (TPSA) is 3.24 Å². The lowest BCUT2D eigenvalue weighted by Crippen LogP contribution is -2.17.